The minimum absolute atomic E-state index is 0.776. The zero-order chi connectivity index (χ0) is 9.68. The molecule has 0 radical (unpaired) electrons. The third-order valence-corrected chi connectivity index (χ3v) is 1.88. The van der Waals surface area contributed by atoms with Crippen molar-refractivity contribution in [2.75, 3.05) is 18.5 Å². The number of benzene rings is 1. The molecule has 2 heteroatoms. The van der Waals surface area contributed by atoms with Gasteiger partial charge in [-0.1, -0.05) is 26.0 Å². The van der Waals surface area contributed by atoms with E-state index in [2.05, 4.69) is 18.3 Å². The van der Waals surface area contributed by atoms with E-state index in [0.29, 0.717) is 0 Å². The maximum atomic E-state index is 5.49. The number of rotatable bonds is 0. The first-order valence-electron chi connectivity index (χ1n) is 4.84. The summed E-state index contributed by atoms with van der Waals surface area (Å²) in [5.74, 6) is 1.01. The van der Waals surface area contributed by atoms with Gasteiger partial charge in [0.1, 0.15) is 12.4 Å². The molecule has 0 aliphatic carbocycles. The van der Waals surface area contributed by atoms with Crippen LogP contribution in [0.5, 0.6) is 5.75 Å². The molecule has 1 N–H and O–H groups in total. The number of anilines is 1. The first kappa shape index (κ1) is 9.90. The third-order valence-electron chi connectivity index (χ3n) is 1.88. The van der Waals surface area contributed by atoms with Crippen LogP contribution in [0.15, 0.2) is 18.2 Å². The maximum Gasteiger partial charge on any atom is 0.145 e. The minimum Gasteiger partial charge on any atom is -0.489 e. The summed E-state index contributed by atoms with van der Waals surface area (Å²) in [5.41, 5.74) is 2.32. The molecule has 13 heavy (non-hydrogen) atoms. The molecule has 1 aromatic carbocycles. The summed E-state index contributed by atoms with van der Waals surface area (Å²) in [6.07, 6.45) is 0. The SMILES string of the molecule is CC.Cc1cccc2c1OCCN2. The summed E-state index contributed by atoms with van der Waals surface area (Å²) < 4.78 is 5.49. The lowest BCUT2D eigenvalue weighted by Gasteiger charge is -2.20. The van der Waals surface area contributed by atoms with Crippen LogP contribution in [0.3, 0.4) is 0 Å². The van der Waals surface area contributed by atoms with Gasteiger partial charge in [0, 0.05) is 6.54 Å². The van der Waals surface area contributed by atoms with Gasteiger partial charge in [-0.15, -0.1) is 0 Å². The van der Waals surface area contributed by atoms with Crippen molar-refractivity contribution in [2.24, 2.45) is 0 Å². The van der Waals surface area contributed by atoms with Gasteiger partial charge in [0.25, 0.3) is 0 Å². The first-order chi connectivity index (χ1) is 6.38. The molecule has 0 amide bonds. The van der Waals surface area contributed by atoms with E-state index in [-0.39, 0.29) is 0 Å². The summed E-state index contributed by atoms with van der Waals surface area (Å²) in [7, 11) is 0. The van der Waals surface area contributed by atoms with E-state index in [1.165, 1.54) is 5.56 Å². The highest BCUT2D eigenvalue weighted by atomic mass is 16.5. The molecule has 2 nitrogen and oxygen atoms in total. The molecular weight excluding hydrogens is 162 g/mol. The van der Waals surface area contributed by atoms with Crippen LogP contribution in [0.2, 0.25) is 0 Å². The second kappa shape index (κ2) is 4.75. The van der Waals surface area contributed by atoms with Gasteiger partial charge in [-0.3, -0.25) is 0 Å². The molecule has 0 fully saturated rings. The second-order valence-corrected chi connectivity index (χ2v) is 2.73. The number of fused-ring (bicyclic) bond motifs is 1. The normalized spacial score (nSPS) is 12.8. The minimum atomic E-state index is 0.776. The molecule has 0 unspecified atom stereocenters. The van der Waals surface area contributed by atoms with Crippen molar-refractivity contribution in [3.8, 4) is 5.75 Å². The van der Waals surface area contributed by atoms with E-state index in [1.54, 1.807) is 0 Å². The average molecular weight is 179 g/mol. The van der Waals surface area contributed by atoms with Gasteiger partial charge in [0.05, 0.1) is 5.69 Å². The molecule has 1 aliphatic heterocycles. The molecule has 0 saturated carbocycles. The van der Waals surface area contributed by atoms with Crippen molar-refractivity contribution in [1.29, 1.82) is 0 Å². The Labute approximate surface area is 79.9 Å². The molecule has 0 atom stereocenters. The van der Waals surface area contributed by atoms with E-state index in [0.717, 1.165) is 24.6 Å². The standard InChI is InChI=1S/C9H11NO.C2H6/c1-7-3-2-4-8-9(7)11-6-5-10-8;1-2/h2-4,10H,5-6H2,1H3;1-2H3. The molecule has 2 rings (SSSR count). The van der Waals surface area contributed by atoms with E-state index in [4.69, 9.17) is 4.74 Å². The van der Waals surface area contributed by atoms with Crippen LogP contribution in [-0.2, 0) is 0 Å². The molecule has 0 saturated heterocycles. The molecule has 72 valence electrons. The summed E-state index contributed by atoms with van der Waals surface area (Å²) in [6, 6.07) is 6.14. The monoisotopic (exact) mass is 179 g/mol. The summed E-state index contributed by atoms with van der Waals surface area (Å²) >= 11 is 0. The van der Waals surface area contributed by atoms with Crippen LogP contribution >= 0.6 is 0 Å². The van der Waals surface area contributed by atoms with Crippen molar-refractivity contribution in [2.45, 2.75) is 20.8 Å². The van der Waals surface area contributed by atoms with E-state index < -0.39 is 0 Å². The number of nitrogens with one attached hydrogen (secondary N) is 1. The van der Waals surface area contributed by atoms with Crippen LogP contribution in [-0.4, -0.2) is 13.2 Å². The summed E-state index contributed by atoms with van der Waals surface area (Å²) in [4.78, 5) is 0. The molecule has 1 heterocycles. The second-order valence-electron chi connectivity index (χ2n) is 2.73. The maximum absolute atomic E-state index is 5.49. The van der Waals surface area contributed by atoms with Crippen molar-refractivity contribution in [1.82, 2.24) is 0 Å². The molecule has 1 aromatic rings. The number of hydrogen-bond donors (Lipinski definition) is 1. The number of para-hydroxylation sites is 1. The predicted octanol–water partition coefficient (Wildman–Crippen LogP) is 2.83. The lowest BCUT2D eigenvalue weighted by atomic mass is 10.2. The Morgan fingerprint density at radius 2 is 2.08 bits per heavy atom. The Balaban J connectivity index is 0.000000396. The van der Waals surface area contributed by atoms with Gasteiger partial charge >= 0.3 is 0 Å². The van der Waals surface area contributed by atoms with Gasteiger partial charge in [0.2, 0.25) is 0 Å². The largest absolute Gasteiger partial charge is 0.489 e. The zero-order valence-corrected chi connectivity index (χ0v) is 8.55. The number of hydrogen-bond acceptors (Lipinski definition) is 2. The highest BCUT2D eigenvalue weighted by Crippen LogP contribution is 2.29. The van der Waals surface area contributed by atoms with Gasteiger partial charge in [-0.25, -0.2) is 0 Å². The zero-order valence-electron chi connectivity index (χ0n) is 8.55. The molecule has 0 aromatic heterocycles. The van der Waals surface area contributed by atoms with Crippen molar-refractivity contribution >= 4 is 5.69 Å². The third kappa shape index (κ3) is 2.14. The topological polar surface area (TPSA) is 21.3 Å². The van der Waals surface area contributed by atoms with Crippen molar-refractivity contribution < 1.29 is 4.74 Å². The summed E-state index contributed by atoms with van der Waals surface area (Å²) in [6.45, 7) is 7.75. The van der Waals surface area contributed by atoms with Crippen LogP contribution in [0.1, 0.15) is 19.4 Å². The van der Waals surface area contributed by atoms with E-state index >= 15 is 0 Å². The number of aryl methyl sites for hydroxylation is 1. The highest BCUT2D eigenvalue weighted by molar-refractivity contribution is 5.60. The van der Waals surface area contributed by atoms with Crippen LogP contribution in [0, 0.1) is 6.92 Å². The van der Waals surface area contributed by atoms with E-state index in [9.17, 15) is 0 Å². The quantitative estimate of drug-likeness (QED) is 0.661. The lowest BCUT2D eigenvalue weighted by Crippen LogP contribution is -2.18. The van der Waals surface area contributed by atoms with Gasteiger partial charge < -0.3 is 10.1 Å². The van der Waals surface area contributed by atoms with Crippen LogP contribution in [0.4, 0.5) is 5.69 Å². The Hall–Kier alpha value is -1.18. The van der Waals surface area contributed by atoms with Gasteiger partial charge in [-0.2, -0.15) is 0 Å². The summed E-state index contributed by atoms with van der Waals surface area (Å²) in [5, 5.41) is 3.28. The Bertz CT molecular complexity index is 271. The van der Waals surface area contributed by atoms with Crippen LogP contribution in [0.25, 0.3) is 0 Å². The Morgan fingerprint density at radius 1 is 1.31 bits per heavy atom. The Kier molecular flexibility index (Phi) is 3.62. The van der Waals surface area contributed by atoms with Crippen LogP contribution < -0.4 is 10.1 Å². The average Bonchev–Trinajstić information content (AvgIpc) is 2.22. The van der Waals surface area contributed by atoms with Gasteiger partial charge in [-0.05, 0) is 18.6 Å². The predicted molar refractivity (Wildman–Crippen MR) is 56.5 cm³/mol. The molecule has 0 spiro atoms. The molecule has 1 aliphatic rings. The lowest BCUT2D eigenvalue weighted by molar-refractivity contribution is 0.321. The smallest absolute Gasteiger partial charge is 0.145 e. The van der Waals surface area contributed by atoms with E-state index in [1.807, 2.05) is 26.0 Å². The number of ether oxygens (including phenoxy) is 1. The Morgan fingerprint density at radius 3 is 2.77 bits per heavy atom. The molecular formula is C11H17NO. The first-order valence-corrected chi connectivity index (χ1v) is 4.84. The fraction of sp³-hybridized carbons (Fsp3) is 0.455. The van der Waals surface area contributed by atoms with Crippen molar-refractivity contribution in [3.05, 3.63) is 23.8 Å². The highest BCUT2D eigenvalue weighted by Gasteiger charge is 2.09. The van der Waals surface area contributed by atoms with Crippen molar-refractivity contribution in [3.63, 3.8) is 0 Å². The fourth-order valence-electron chi connectivity index (χ4n) is 1.32. The molecule has 0 bridgehead atoms. The fourth-order valence-corrected chi connectivity index (χ4v) is 1.32. The van der Waals surface area contributed by atoms with Gasteiger partial charge in [0.15, 0.2) is 0 Å².